The molecule has 0 unspecified atom stereocenters. The molecule has 0 amide bonds. The molecule has 13 heavy (non-hydrogen) atoms. The largest absolute Gasteiger partial charge is 0.398 e. The first-order chi connectivity index (χ1) is 6.20. The molecule has 4 N–H and O–H groups in total. The first-order valence-corrected chi connectivity index (χ1v) is 4.00. The molecular formula is C8H9N3O2. The van der Waals surface area contributed by atoms with Crippen molar-refractivity contribution in [1.82, 2.24) is 10.2 Å². The van der Waals surface area contributed by atoms with Crippen LogP contribution in [-0.4, -0.2) is 10.2 Å². The minimum absolute atomic E-state index is 0.259. The topological polar surface area (TPSA) is 91.7 Å². The van der Waals surface area contributed by atoms with Crippen LogP contribution in [0.4, 0.5) is 0 Å². The molecule has 1 aromatic rings. The quantitative estimate of drug-likeness (QED) is 0.492. The number of allylic oxidation sites excluding steroid dienone is 1. The number of hydrogen-bond acceptors (Lipinski definition) is 3. The van der Waals surface area contributed by atoms with Crippen molar-refractivity contribution in [2.24, 2.45) is 5.73 Å². The maximum absolute atomic E-state index is 11.3. The van der Waals surface area contributed by atoms with Crippen molar-refractivity contribution >= 4 is 5.70 Å². The molecule has 1 aliphatic rings. The molecule has 2 rings (SSSR count). The van der Waals surface area contributed by atoms with Gasteiger partial charge in [0.25, 0.3) is 11.1 Å². The molecule has 0 radical (unpaired) electrons. The summed E-state index contributed by atoms with van der Waals surface area (Å²) in [6, 6.07) is 0. The third kappa shape index (κ3) is 1.09. The smallest absolute Gasteiger partial charge is 0.272 e. The van der Waals surface area contributed by atoms with Crippen molar-refractivity contribution < 1.29 is 0 Å². The first kappa shape index (κ1) is 7.85. The number of aromatic amines is 2. The van der Waals surface area contributed by atoms with E-state index in [-0.39, 0.29) is 11.1 Å². The van der Waals surface area contributed by atoms with Crippen LogP contribution in [0.3, 0.4) is 0 Å². The highest BCUT2D eigenvalue weighted by atomic mass is 16.1. The Labute approximate surface area is 73.3 Å². The molecule has 0 spiro atoms. The predicted octanol–water partition coefficient (Wildman–Crippen LogP) is -0.691. The van der Waals surface area contributed by atoms with Gasteiger partial charge in [-0.25, -0.2) is 0 Å². The summed E-state index contributed by atoms with van der Waals surface area (Å²) in [4.78, 5) is 22.5. The monoisotopic (exact) mass is 179 g/mol. The third-order valence-electron chi connectivity index (χ3n) is 2.14. The van der Waals surface area contributed by atoms with Gasteiger partial charge in [0.15, 0.2) is 0 Å². The van der Waals surface area contributed by atoms with Crippen LogP contribution >= 0.6 is 0 Å². The van der Waals surface area contributed by atoms with Crippen LogP contribution in [0.15, 0.2) is 15.7 Å². The Morgan fingerprint density at radius 2 is 1.92 bits per heavy atom. The molecular weight excluding hydrogens is 170 g/mol. The van der Waals surface area contributed by atoms with Gasteiger partial charge in [0.05, 0.1) is 5.56 Å². The fourth-order valence-electron chi connectivity index (χ4n) is 1.52. The maximum atomic E-state index is 11.3. The Morgan fingerprint density at radius 1 is 1.23 bits per heavy atom. The van der Waals surface area contributed by atoms with Gasteiger partial charge in [-0.15, -0.1) is 0 Å². The van der Waals surface area contributed by atoms with E-state index in [4.69, 9.17) is 5.73 Å². The Balaban J connectivity index is 2.86. The van der Waals surface area contributed by atoms with Gasteiger partial charge in [0, 0.05) is 11.3 Å². The molecule has 0 aromatic carbocycles. The molecule has 5 heteroatoms. The van der Waals surface area contributed by atoms with Crippen molar-refractivity contribution in [2.45, 2.75) is 12.8 Å². The van der Waals surface area contributed by atoms with Crippen molar-refractivity contribution in [2.75, 3.05) is 0 Å². The van der Waals surface area contributed by atoms with Gasteiger partial charge in [0.2, 0.25) is 0 Å². The van der Waals surface area contributed by atoms with E-state index in [9.17, 15) is 9.59 Å². The zero-order valence-corrected chi connectivity index (χ0v) is 6.89. The van der Waals surface area contributed by atoms with Gasteiger partial charge in [-0.05, 0) is 12.8 Å². The van der Waals surface area contributed by atoms with E-state index in [1.807, 2.05) is 0 Å². The molecule has 1 aromatic heterocycles. The lowest BCUT2D eigenvalue weighted by Crippen LogP contribution is -2.30. The van der Waals surface area contributed by atoms with E-state index in [1.54, 1.807) is 6.08 Å². The second-order valence-electron chi connectivity index (χ2n) is 2.96. The summed E-state index contributed by atoms with van der Waals surface area (Å²) in [5.41, 5.74) is 6.23. The van der Waals surface area contributed by atoms with E-state index in [0.29, 0.717) is 29.7 Å². The second kappa shape index (κ2) is 2.62. The summed E-state index contributed by atoms with van der Waals surface area (Å²) in [6.45, 7) is 0. The number of rotatable bonds is 0. The number of nitrogens with two attached hydrogens (primary N) is 1. The summed E-state index contributed by atoms with van der Waals surface area (Å²) in [5, 5.41) is 4.52. The molecule has 1 heterocycles. The zero-order chi connectivity index (χ0) is 9.42. The fourth-order valence-corrected chi connectivity index (χ4v) is 1.52. The highest BCUT2D eigenvalue weighted by Gasteiger charge is 2.16. The van der Waals surface area contributed by atoms with Gasteiger partial charge in [0.1, 0.15) is 0 Å². The van der Waals surface area contributed by atoms with E-state index in [0.717, 1.165) is 0 Å². The van der Waals surface area contributed by atoms with Crippen molar-refractivity contribution in [3.8, 4) is 0 Å². The van der Waals surface area contributed by atoms with Gasteiger partial charge in [-0.3, -0.25) is 19.8 Å². The summed E-state index contributed by atoms with van der Waals surface area (Å²) < 4.78 is 0. The highest BCUT2D eigenvalue weighted by Crippen LogP contribution is 2.15. The van der Waals surface area contributed by atoms with Gasteiger partial charge in [-0.2, -0.15) is 0 Å². The Morgan fingerprint density at radius 3 is 2.62 bits per heavy atom. The maximum Gasteiger partial charge on any atom is 0.272 e. The summed E-state index contributed by atoms with van der Waals surface area (Å²) in [7, 11) is 0. The normalized spacial score (nSPS) is 14.9. The molecule has 0 saturated carbocycles. The standard InChI is InChI=1S/C8H9N3O2/c9-5-3-1-2-4-6(5)8(13)11-10-7(4)12/h3H,1-2,9H2,(H,10,12)(H,11,13). The SMILES string of the molecule is NC1=CCCc2c1c(=O)[nH][nH]c2=O. The van der Waals surface area contributed by atoms with Gasteiger partial charge in [-0.1, -0.05) is 6.08 Å². The first-order valence-electron chi connectivity index (χ1n) is 4.00. The minimum atomic E-state index is -0.331. The van der Waals surface area contributed by atoms with Crippen LogP contribution in [-0.2, 0) is 6.42 Å². The van der Waals surface area contributed by atoms with Crippen molar-refractivity contribution in [1.29, 1.82) is 0 Å². The summed E-state index contributed by atoms with van der Waals surface area (Å²) in [5.74, 6) is 0. The van der Waals surface area contributed by atoms with E-state index >= 15 is 0 Å². The van der Waals surface area contributed by atoms with E-state index < -0.39 is 0 Å². The highest BCUT2D eigenvalue weighted by molar-refractivity contribution is 5.66. The Kier molecular flexibility index (Phi) is 1.58. The van der Waals surface area contributed by atoms with Crippen LogP contribution in [0, 0.1) is 0 Å². The molecule has 5 nitrogen and oxygen atoms in total. The van der Waals surface area contributed by atoms with Gasteiger partial charge < -0.3 is 5.73 Å². The Hall–Kier alpha value is -1.78. The number of fused-ring (bicyclic) bond motifs is 1. The third-order valence-corrected chi connectivity index (χ3v) is 2.14. The molecule has 0 fully saturated rings. The summed E-state index contributed by atoms with van der Waals surface area (Å²) in [6.07, 6.45) is 3.05. The average molecular weight is 179 g/mol. The number of hydrogen-bond donors (Lipinski definition) is 3. The average Bonchev–Trinajstić information content (AvgIpc) is 2.12. The number of aromatic nitrogens is 2. The van der Waals surface area contributed by atoms with Crippen LogP contribution in [0.2, 0.25) is 0 Å². The van der Waals surface area contributed by atoms with Crippen LogP contribution in [0.25, 0.3) is 5.70 Å². The lowest BCUT2D eigenvalue weighted by atomic mass is 9.98. The molecule has 0 atom stereocenters. The van der Waals surface area contributed by atoms with Crippen molar-refractivity contribution in [3.05, 3.63) is 37.9 Å². The second-order valence-corrected chi connectivity index (χ2v) is 2.96. The minimum Gasteiger partial charge on any atom is -0.398 e. The zero-order valence-electron chi connectivity index (χ0n) is 6.89. The van der Waals surface area contributed by atoms with Crippen LogP contribution < -0.4 is 16.9 Å². The lowest BCUT2D eigenvalue weighted by molar-refractivity contribution is 0.861. The molecule has 0 bridgehead atoms. The molecule has 68 valence electrons. The summed E-state index contributed by atoms with van der Waals surface area (Å²) >= 11 is 0. The molecule has 1 aliphatic carbocycles. The van der Waals surface area contributed by atoms with E-state index in [1.165, 1.54) is 0 Å². The lowest BCUT2D eigenvalue weighted by Gasteiger charge is -2.11. The Bertz CT molecular complexity index is 481. The molecule has 0 saturated heterocycles. The van der Waals surface area contributed by atoms with Crippen LogP contribution in [0.5, 0.6) is 0 Å². The van der Waals surface area contributed by atoms with E-state index in [2.05, 4.69) is 10.2 Å². The van der Waals surface area contributed by atoms with Crippen molar-refractivity contribution in [3.63, 3.8) is 0 Å². The fraction of sp³-hybridized carbons (Fsp3) is 0.250. The number of H-pyrrole nitrogens is 2. The van der Waals surface area contributed by atoms with Gasteiger partial charge >= 0.3 is 0 Å². The number of nitrogens with one attached hydrogen (secondary N) is 2. The van der Waals surface area contributed by atoms with Crippen LogP contribution in [0.1, 0.15) is 17.5 Å². The predicted molar refractivity (Wildman–Crippen MR) is 48.2 cm³/mol. The molecule has 0 aliphatic heterocycles.